The smallest absolute Gasteiger partial charge is 0.0311 e. The molecule has 0 aromatic rings. The van der Waals surface area contributed by atoms with Gasteiger partial charge in [0.05, 0.1) is 0 Å². The van der Waals surface area contributed by atoms with Crippen LogP contribution in [0.3, 0.4) is 0 Å². The Kier molecular flexibility index (Phi) is 4.73. The van der Waals surface area contributed by atoms with Crippen molar-refractivity contribution < 1.29 is 0 Å². The monoisotopic (exact) mass is 264 g/mol. The summed E-state index contributed by atoms with van der Waals surface area (Å²) in [4.78, 5) is 0. The van der Waals surface area contributed by atoms with Crippen LogP contribution in [0.5, 0.6) is 0 Å². The van der Waals surface area contributed by atoms with Crippen molar-refractivity contribution >= 4 is 0 Å². The zero-order chi connectivity index (χ0) is 13.9. The first-order valence-corrected chi connectivity index (χ1v) is 8.08. The van der Waals surface area contributed by atoms with E-state index < -0.39 is 0 Å². The minimum atomic E-state index is 0.181. The summed E-state index contributed by atoms with van der Waals surface area (Å²) in [6.07, 6.45) is 11.4. The van der Waals surface area contributed by atoms with Gasteiger partial charge in [0.15, 0.2) is 0 Å². The van der Waals surface area contributed by atoms with Gasteiger partial charge in [0, 0.05) is 12.1 Å². The molecule has 2 nitrogen and oxygen atoms in total. The maximum atomic E-state index is 6.14. The zero-order valence-electron chi connectivity index (χ0n) is 13.1. The van der Waals surface area contributed by atoms with Crippen LogP contribution in [-0.4, -0.2) is 18.6 Å². The Hall–Kier alpha value is -0.340. The Morgan fingerprint density at radius 2 is 2.16 bits per heavy atom. The third-order valence-electron chi connectivity index (χ3n) is 4.93. The highest BCUT2D eigenvalue weighted by Gasteiger charge is 2.41. The fourth-order valence-electron chi connectivity index (χ4n) is 4.56. The summed E-state index contributed by atoms with van der Waals surface area (Å²) < 4.78 is 0. The first kappa shape index (κ1) is 15.1. The fourth-order valence-corrected chi connectivity index (χ4v) is 4.56. The maximum Gasteiger partial charge on any atom is 0.0311 e. The molecule has 0 bridgehead atoms. The molecule has 0 saturated heterocycles. The van der Waals surface area contributed by atoms with Gasteiger partial charge in [-0.25, -0.2) is 0 Å². The highest BCUT2D eigenvalue weighted by molar-refractivity contribution is 5.08. The molecule has 0 aromatic carbocycles. The molecule has 3 N–H and O–H groups in total. The zero-order valence-corrected chi connectivity index (χ0v) is 13.1. The van der Waals surface area contributed by atoms with Crippen molar-refractivity contribution in [3.63, 3.8) is 0 Å². The van der Waals surface area contributed by atoms with Gasteiger partial charge >= 0.3 is 0 Å². The summed E-state index contributed by atoms with van der Waals surface area (Å²) in [6.45, 7) is 9.06. The van der Waals surface area contributed by atoms with E-state index in [1.165, 1.54) is 44.9 Å². The summed E-state index contributed by atoms with van der Waals surface area (Å²) in [5, 5.41) is 3.83. The normalized spacial score (nSPS) is 34.3. The molecule has 0 aromatic heterocycles. The molecule has 0 heterocycles. The molecule has 2 heteroatoms. The quantitative estimate of drug-likeness (QED) is 0.744. The van der Waals surface area contributed by atoms with Crippen LogP contribution in [0.1, 0.15) is 65.7 Å². The van der Waals surface area contributed by atoms with E-state index in [2.05, 4.69) is 32.2 Å². The minimum absolute atomic E-state index is 0.181. The molecule has 2 aliphatic rings. The van der Waals surface area contributed by atoms with Gasteiger partial charge in [0.1, 0.15) is 0 Å². The molecule has 2 aliphatic carbocycles. The topological polar surface area (TPSA) is 38.0 Å². The van der Waals surface area contributed by atoms with Crippen molar-refractivity contribution in [2.75, 3.05) is 13.1 Å². The Labute approximate surface area is 119 Å². The van der Waals surface area contributed by atoms with Crippen molar-refractivity contribution in [3.8, 4) is 0 Å². The summed E-state index contributed by atoms with van der Waals surface area (Å²) in [6, 6.07) is 0. The lowest BCUT2D eigenvalue weighted by atomic mass is 9.64. The first-order chi connectivity index (χ1) is 8.95. The van der Waals surface area contributed by atoms with Crippen molar-refractivity contribution in [1.29, 1.82) is 0 Å². The van der Waals surface area contributed by atoms with Crippen molar-refractivity contribution in [2.45, 2.75) is 71.3 Å². The fraction of sp³-hybridized carbons (Fsp3) is 0.882. The predicted molar refractivity (Wildman–Crippen MR) is 83.1 cm³/mol. The molecule has 0 spiro atoms. The van der Waals surface area contributed by atoms with Gasteiger partial charge in [-0.1, -0.05) is 32.4 Å². The number of nitrogens with one attached hydrogen (secondary N) is 1. The van der Waals surface area contributed by atoms with Crippen molar-refractivity contribution in [3.05, 3.63) is 11.6 Å². The van der Waals surface area contributed by atoms with Gasteiger partial charge in [-0.05, 0) is 62.8 Å². The second-order valence-corrected chi connectivity index (χ2v) is 7.77. The summed E-state index contributed by atoms with van der Waals surface area (Å²) in [7, 11) is 0. The van der Waals surface area contributed by atoms with Gasteiger partial charge in [-0.2, -0.15) is 0 Å². The van der Waals surface area contributed by atoms with E-state index in [0.717, 1.165) is 19.0 Å². The van der Waals surface area contributed by atoms with E-state index >= 15 is 0 Å². The molecule has 1 fully saturated rings. The van der Waals surface area contributed by atoms with Crippen LogP contribution >= 0.6 is 0 Å². The molecule has 2 unspecified atom stereocenters. The van der Waals surface area contributed by atoms with Gasteiger partial charge < -0.3 is 11.1 Å². The first-order valence-electron chi connectivity index (χ1n) is 8.08. The van der Waals surface area contributed by atoms with Crippen molar-refractivity contribution in [2.24, 2.45) is 17.1 Å². The van der Waals surface area contributed by atoms with Crippen LogP contribution < -0.4 is 11.1 Å². The van der Waals surface area contributed by atoms with Crippen LogP contribution in [-0.2, 0) is 0 Å². The molecular formula is C17H32N2. The summed E-state index contributed by atoms with van der Waals surface area (Å²) in [5.74, 6) is 0.783. The summed E-state index contributed by atoms with van der Waals surface area (Å²) in [5.41, 5.74) is 8.40. The molecule has 0 radical (unpaired) electrons. The van der Waals surface area contributed by atoms with Crippen LogP contribution in [0.4, 0.5) is 0 Å². The van der Waals surface area contributed by atoms with E-state index in [9.17, 15) is 0 Å². The standard InChI is InChI=1S/C17H32N2/c1-14-10-16(2,3)12-17(11-14,13-18)19-9-8-15-6-4-5-7-15/h6,14,19H,4-5,7-13,18H2,1-3H3. The lowest BCUT2D eigenvalue weighted by molar-refractivity contribution is 0.0867. The number of nitrogens with two attached hydrogens (primary N) is 1. The second kappa shape index (κ2) is 5.97. The third-order valence-corrected chi connectivity index (χ3v) is 4.93. The molecule has 2 rings (SSSR count). The van der Waals surface area contributed by atoms with Gasteiger partial charge in [-0.15, -0.1) is 0 Å². The Morgan fingerprint density at radius 3 is 2.74 bits per heavy atom. The average molecular weight is 264 g/mol. The Morgan fingerprint density at radius 1 is 1.37 bits per heavy atom. The van der Waals surface area contributed by atoms with E-state index in [1.807, 2.05) is 0 Å². The molecule has 0 aliphatic heterocycles. The average Bonchev–Trinajstić information content (AvgIpc) is 2.79. The molecule has 19 heavy (non-hydrogen) atoms. The maximum absolute atomic E-state index is 6.14. The molecule has 110 valence electrons. The van der Waals surface area contributed by atoms with E-state index in [-0.39, 0.29) is 5.54 Å². The molecule has 0 amide bonds. The van der Waals surface area contributed by atoms with E-state index in [0.29, 0.717) is 5.41 Å². The van der Waals surface area contributed by atoms with Gasteiger partial charge in [0.25, 0.3) is 0 Å². The predicted octanol–water partition coefficient (Wildman–Crippen LogP) is 3.62. The minimum Gasteiger partial charge on any atom is -0.329 e. The van der Waals surface area contributed by atoms with Crippen LogP contribution in [0.2, 0.25) is 0 Å². The van der Waals surface area contributed by atoms with E-state index in [1.54, 1.807) is 5.57 Å². The highest BCUT2D eigenvalue weighted by atomic mass is 15.0. The largest absolute Gasteiger partial charge is 0.329 e. The van der Waals surface area contributed by atoms with Crippen LogP contribution in [0.25, 0.3) is 0 Å². The Balaban J connectivity index is 1.89. The number of allylic oxidation sites excluding steroid dienone is 1. The molecular weight excluding hydrogens is 232 g/mol. The van der Waals surface area contributed by atoms with Crippen LogP contribution in [0.15, 0.2) is 11.6 Å². The third kappa shape index (κ3) is 4.06. The number of hydrogen-bond donors (Lipinski definition) is 2. The van der Waals surface area contributed by atoms with E-state index in [4.69, 9.17) is 5.73 Å². The van der Waals surface area contributed by atoms with Crippen molar-refractivity contribution in [1.82, 2.24) is 5.32 Å². The number of hydrogen-bond acceptors (Lipinski definition) is 2. The van der Waals surface area contributed by atoms with Gasteiger partial charge in [0.2, 0.25) is 0 Å². The number of rotatable bonds is 5. The highest BCUT2D eigenvalue weighted by Crippen LogP contribution is 2.43. The lowest BCUT2D eigenvalue weighted by Gasteiger charge is -2.48. The second-order valence-electron chi connectivity index (χ2n) is 7.77. The molecule has 1 saturated carbocycles. The van der Waals surface area contributed by atoms with Crippen LogP contribution in [0, 0.1) is 11.3 Å². The Bertz CT molecular complexity index is 332. The SMILES string of the molecule is CC1CC(C)(C)CC(CN)(NCCC2=CCCC2)C1. The van der Waals surface area contributed by atoms with Gasteiger partial charge in [-0.3, -0.25) is 0 Å². The molecule has 2 atom stereocenters. The summed E-state index contributed by atoms with van der Waals surface area (Å²) >= 11 is 0. The lowest BCUT2D eigenvalue weighted by Crippen LogP contribution is -2.57.